The van der Waals surface area contributed by atoms with Crippen LogP contribution >= 0.6 is 0 Å². The molecule has 2 rings (SSSR count). The lowest BCUT2D eigenvalue weighted by Gasteiger charge is -2.32. The summed E-state index contributed by atoms with van der Waals surface area (Å²) in [4.78, 5) is 15.6. The molecule has 0 saturated carbocycles. The van der Waals surface area contributed by atoms with Gasteiger partial charge in [-0.05, 0) is 19.1 Å². The second-order valence-electron chi connectivity index (χ2n) is 4.19. The molecule has 1 aliphatic heterocycles. The van der Waals surface area contributed by atoms with Crippen molar-refractivity contribution in [2.45, 2.75) is 25.2 Å². The van der Waals surface area contributed by atoms with Gasteiger partial charge in [-0.25, -0.2) is 0 Å². The first-order valence-corrected chi connectivity index (χ1v) is 5.33. The Hall–Kier alpha value is -1.96. The molecular weight excluding hydrogens is 263 g/mol. The Morgan fingerprint density at radius 1 is 1.53 bits per heavy atom. The number of hydrazone groups is 1. The van der Waals surface area contributed by atoms with E-state index in [1.807, 2.05) is 0 Å². The minimum Gasteiger partial charge on any atom is -0.362 e. The summed E-state index contributed by atoms with van der Waals surface area (Å²) in [5.74, 6) is -1.05. The Labute approximate surface area is 106 Å². The normalized spacial score (nSPS) is 23.4. The molecule has 1 aromatic heterocycles. The lowest BCUT2D eigenvalue weighted by molar-refractivity contribution is -0.297. The number of hydrogen-bond donors (Lipinski definition) is 1. The van der Waals surface area contributed by atoms with E-state index < -0.39 is 24.2 Å². The zero-order chi connectivity index (χ0) is 14.3. The number of rotatable bonds is 1. The van der Waals surface area contributed by atoms with E-state index in [9.17, 15) is 23.1 Å². The molecule has 1 unspecified atom stereocenters. The number of hydrogen-bond acceptors (Lipinski definition) is 4. The van der Waals surface area contributed by atoms with E-state index in [-0.39, 0.29) is 16.3 Å². The van der Waals surface area contributed by atoms with E-state index in [1.165, 1.54) is 25.3 Å². The summed E-state index contributed by atoms with van der Waals surface area (Å²) in [5.41, 5.74) is -3.36. The molecule has 0 radical (unpaired) electrons. The van der Waals surface area contributed by atoms with Crippen LogP contribution in [0.3, 0.4) is 0 Å². The van der Waals surface area contributed by atoms with Gasteiger partial charge >= 0.3 is 6.18 Å². The number of amides is 1. The summed E-state index contributed by atoms with van der Waals surface area (Å²) in [7, 11) is 0. The fourth-order valence-electron chi connectivity index (χ4n) is 1.77. The molecule has 1 aromatic rings. The zero-order valence-electron chi connectivity index (χ0n) is 9.85. The smallest absolute Gasteiger partial charge is 0.362 e. The average Bonchev–Trinajstić information content (AvgIpc) is 2.65. The molecule has 1 aliphatic rings. The van der Waals surface area contributed by atoms with Crippen LogP contribution in [0.1, 0.15) is 23.7 Å². The van der Waals surface area contributed by atoms with Crippen molar-refractivity contribution in [2.24, 2.45) is 5.10 Å². The van der Waals surface area contributed by atoms with Crippen LogP contribution in [0.5, 0.6) is 0 Å². The van der Waals surface area contributed by atoms with Crippen LogP contribution in [0, 0.1) is 0 Å². The Balaban J connectivity index is 2.40. The minimum absolute atomic E-state index is 0.0251. The van der Waals surface area contributed by atoms with Crippen LogP contribution in [0.2, 0.25) is 0 Å². The third-order valence-corrected chi connectivity index (χ3v) is 2.68. The van der Waals surface area contributed by atoms with Crippen LogP contribution in [0.25, 0.3) is 0 Å². The van der Waals surface area contributed by atoms with Gasteiger partial charge in [0, 0.05) is 24.5 Å². The number of aliphatic hydroxyl groups is 1. The van der Waals surface area contributed by atoms with Gasteiger partial charge in [-0.2, -0.15) is 23.3 Å². The van der Waals surface area contributed by atoms with Gasteiger partial charge in [-0.15, -0.1) is 0 Å². The van der Waals surface area contributed by atoms with Gasteiger partial charge in [0.1, 0.15) is 0 Å². The zero-order valence-corrected chi connectivity index (χ0v) is 9.85. The first kappa shape index (κ1) is 13.5. The SMILES string of the molecule is CC1=NN(C(=O)c2cccnc2)C(O)(C(F)(F)F)C1. The summed E-state index contributed by atoms with van der Waals surface area (Å²) in [6, 6.07) is 2.71. The molecule has 0 saturated heterocycles. The van der Waals surface area contributed by atoms with Gasteiger partial charge in [0.05, 0.1) is 5.56 Å². The molecule has 2 heterocycles. The van der Waals surface area contributed by atoms with Gasteiger partial charge in [0.25, 0.3) is 11.6 Å². The fourth-order valence-corrected chi connectivity index (χ4v) is 1.77. The highest BCUT2D eigenvalue weighted by Crippen LogP contribution is 2.40. The largest absolute Gasteiger partial charge is 0.438 e. The van der Waals surface area contributed by atoms with Gasteiger partial charge in [-0.3, -0.25) is 9.78 Å². The Bertz CT molecular complexity index is 530. The molecular formula is C11H10F3N3O2. The topological polar surface area (TPSA) is 65.8 Å². The summed E-state index contributed by atoms with van der Waals surface area (Å²) in [5, 5.41) is 13.3. The summed E-state index contributed by atoms with van der Waals surface area (Å²) >= 11 is 0. The van der Waals surface area contributed by atoms with E-state index in [4.69, 9.17) is 0 Å². The van der Waals surface area contributed by atoms with Gasteiger partial charge < -0.3 is 5.11 Å². The highest BCUT2D eigenvalue weighted by Gasteiger charge is 2.62. The van der Waals surface area contributed by atoms with Crippen molar-refractivity contribution >= 4 is 11.6 Å². The van der Waals surface area contributed by atoms with Crippen molar-refractivity contribution < 1.29 is 23.1 Å². The molecule has 1 amide bonds. The third kappa shape index (κ3) is 2.19. The van der Waals surface area contributed by atoms with Gasteiger partial charge in [0.15, 0.2) is 0 Å². The van der Waals surface area contributed by atoms with E-state index in [0.717, 1.165) is 6.20 Å². The van der Waals surface area contributed by atoms with E-state index >= 15 is 0 Å². The molecule has 0 bridgehead atoms. The van der Waals surface area contributed by atoms with Crippen molar-refractivity contribution in [3.05, 3.63) is 30.1 Å². The second kappa shape index (κ2) is 4.30. The molecule has 0 aromatic carbocycles. The average molecular weight is 273 g/mol. The first-order chi connectivity index (χ1) is 8.75. The van der Waals surface area contributed by atoms with Crippen molar-refractivity contribution in [1.29, 1.82) is 0 Å². The number of pyridine rings is 1. The van der Waals surface area contributed by atoms with Gasteiger partial charge in [0.2, 0.25) is 0 Å². The molecule has 1 N–H and O–H groups in total. The molecule has 0 spiro atoms. The highest BCUT2D eigenvalue weighted by molar-refractivity contribution is 5.97. The van der Waals surface area contributed by atoms with Gasteiger partial charge in [-0.1, -0.05) is 0 Å². The number of halogens is 3. The maximum absolute atomic E-state index is 12.9. The van der Waals surface area contributed by atoms with Crippen LogP contribution < -0.4 is 0 Å². The second-order valence-corrected chi connectivity index (χ2v) is 4.19. The summed E-state index contributed by atoms with van der Waals surface area (Å²) in [6.07, 6.45) is -3.26. The first-order valence-electron chi connectivity index (χ1n) is 5.33. The van der Waals surface area contributed by atoms with Crippen molar-refractivity contribution in [3.63, 3.8) is 0 Å². The monoisotopic (exact) mass is 273 g/mol. The summed E-state index contributed by atoms with van der Waals surface area (Å²) in [6.45, 7) is 1.31. The van der Waals surface area contributed by atoms with Crippen molar-refractivity contribution in [1.82, 2.24) is 9.99 Å². The number of alkyl halides is 3. The Kier molecular flexibility index (Phi) is 3.05. The number of aromatic nitrogens is 1. The minimum atomic E-state index is -4.99. The predicted molar refractivity (Wildman–Crippen MR) is 59.1 cm³/mol. The maximum atomic E-state index is 12.9. The van der Waals surface area contributed by atoms with E-state index in [1.54, 1.807) is 0 Å². The molecule has 102 valence electrons. The molecule has 5 nitrogen and oxygen atoms in total. The molecule has 8 heteroatoms. The van der Waals surface area contributed by atoms with Crippen LogP contribution in [0.4, 0.5) is 13.2 Å². The van der Waals surface area contributed by atoms with Crippen molar-refractivity contribution in [3.8, 4) is 0 Å². The molecule has 0 fully saturated rings. The number of carbonyl (C=O) groups excluding carboxylic acids is 1. The highest BCUT2D eigenvalue weighted by atomic mass is 19.4. The number of carbonyl (C=O) groups is 1. The number of nitrogens with zero attached hydrogens (tertiary/aromatic N) is 3. The molecule has 1 atom stereocenters. The molecule has 0 aliphatic carbocycles. The third-order valence-electron chi connectivity index (χ3n) is 2.68. The van der Waals surface area contributed by atoms with Crippen molar-refractivity contribution in [2.75, 3.05) is 0 Å². The van der Waals surface area contributed by atoms with Crippen LogP contribution in [0.15, 0.2) is 29.6 Å². The quantitative estimate of drug-likeness (QED) is 0.844. The molecule has 19 heavy (non-hydrogen) atoms. The maximum Gasteiger partial charge on any atom is 0.438 e. The standard InChI is InChI=1S/C11H10F3N3O2/c1-7-5-10(19,11(12,13)14)17(16-7)9(18)8-3-2-4-15-6-8/h2-4,6,19H,5H2,1H3. The Morgan fingerprint density at radius 2 is 2.21 bits per heavy atom. The van der Waals surface area contributed by atoms with Crippen LogP contribution in [-0.2, 0) is 0 Å². The fraction of sp³-hybridized carbons (Fsp3) is 0.364. The lowest BCUT2D eigenvalue weighted by atomic mass is 10.1. The van der Waals surface area contributed by atoms with E-state index in [0.29, 0.717) is 0 Å². The van der Waals surface area contributed by atoms with E-state index in [2.05, 4.69) is 10.1 Å². The predicted octanol–water partition coefficient (Wildman–Crippen LogP) is 1.55. The Morgan fingerprint density at radius 3 is 2.74 bits per heavy atom. The summed E-state index contributed by atoms with van der Waals surface area (Å²) < 4.78 is 38.7. The lowest BCUT2D eigenvalue weighted by Crippen LogP contribution is -2.56. The van der Waals surface area contributed by atoms with Crippen LogP contribution in [-0.4, -0.2) is 38.6 Å².